The first-order valence-electron chi connectivity index (χ1n) is 21.3. The lowest BCUT2D eigenvalue weighted by atomic mass is 9.84. The number of thiazole rings is 1. The molecular weight excluding hydrogens is 749 g/mol. The first kappa shape index (κ1) is 46.8. The summed E-state index contributed by atoms with van der Waals surface area (Å²) < 4.78 is 12.1. The van der Waals surface area contributed by atoms with Crippen molar-refractivity contribution in [3.63, 3.8) is 0 Å². The van der Waals surface area contributed by atoms with E-state index in [9.17, 15) is 19.2 Å². The molecule has 1 aliphatic heterocycles. The zero-order chi connectivity index (χ0) is 42.4. The predicted molar refractivity (Wildman–Crippen MR) is 232 cm³/mol. The van der Waals surface area contributed by atoms with Gasteiger partial charge in [-0.05, 0) is 68.2 Å². The Bertz CT molecular complexity index is 1750. The van der Waals surface area contributed by atoms with E-state index >= 15 is 0 Å². The largest absolute Gasteiger partial charge is 0.455 e. The van der Waals surface area contributed by atoms with E-state index < -0.39 is 18.0 Å². The van der Waals surface area contributed by atoms with Crippen LogP contribution < -0.4 is 5.32 Å². The summed E-state index contributed by atoms with van der Waals surface area (Å²) in [5, 5.41) is 3.80. The van der Waals surface area contributed by atoms with Crippen LogP contribution in [0.2, 0.25) is 0 Å². The van der Waals surface area contributed by atoms with Crippen LogP contribution >= 0.6 is 11.3 Å². The van der Waals surface area contributed by atoms with E-state index in [0.29, 0.717) is 42.7 Å². The molecule has 2 heterocycles. The number of nitrogens with zero attached hydrogens (tertiary/aromatic N) is 3. The monoisotopic (exact) mass is 816 g/mol. The van der Waals surface area contributed by atoms with Crippen molar-refractivity contribution in [2.24, 2.45) is 23.7 Å². The Balaban J connectivity index is 1.61. The minimum absolute atomic E-state index is 0.0108. The van der Waals surface area contributed by atoms with Gasteiger partial charge in [-0.25, -0.2) is 4.98 Å². The highest BCUT2D eigenvalue weighted by molar-refractivity contribution is 7.12. The van der Waals surface area contributed by atoms with Gasteiger partial charge >= 0.3 is 5.97 Å². The first-order valence-corrected chi connectivity index (χ1v) is 22.1. The fraction of sp³-hybridized carbons (Fsp3) is 0.596. The molecule has 1 N–H and O–H groups in total. The lowest BCUT2D eigenvalue weighted by Gasteiger charge is -2.37. The smallest absolute Gasteiger partial charge is 0.303 e. The lowest BCUT2D eigenvalue weighted by Crippen LogP contribution is -2.48. The van der Waals surface area contributed by atoms with Crippen LogP contribution in [-0.4, -0.2) is 83.7 Å². The standard InChI is InChI=1S/C47H68N4O6S/c1-31(2)26-37(27-35-18-12-10-13-19-35)48-45(54)44-43(23-25-56-30-36-20-14-11-15-21-36)58-46(49-44)42(57-34(7)52)29-40(33(5)6)51(9)47(55)38(32(3)4)28-41(53)39-22-16-17-24-50(39)8/h10-15,18-21,31-33,37-40,42H,16-17,22-30H2,1-9H3,(H,48,54)/t37-,38+,39-,40-,42-/m1/s1. The van der Waals surface area contributed by atoms with Gasteiger partial charge in [0.15, 0.2) is 11.9 Å². The van der Waals surface area contributed by atoms with E-state index in [4.69, 9.17) is 14.5 Å². The highest BCUT2D eigenvalue weighted by atomic mass is 32.1. The number of amides is 2. The second-order valence-electron chi connectivity index (χ2n) is 17.2. The number of likely N-dealkylation sites (N-methyl/N-ethyl adjacent to an activating group) is 1. The molecule has 0 bridgehead atoms. The normalized spacial score (nSPS) is 16.9. The van der Waals surface area contributed by atoms with Crippen molar-refractivity contribution in [2.45, 2.75) is 131 Å². The Kier molecular flexibility index (Phi) is 18.6. The number of hydrogen-bond donors (Lipinski definition) is 1. The fourth-order valence-corrected chi connectivity index (χ4v) is 9.15. The van der Waals surface area contributed by atoms with Crippen molar-refractivity contribution in [3.8, 4) is 0 Å². The van der Waals surface area contributed by atoms with E-state index in [1.165, 1.54) is 18.3 Å². The number of nitrogens with one attached hydrogen (secondary N) is 1. The Labute approximate surface area is 351 Å². The summed E-state index contributed by atoms with van der Waals surface area (Å²) in [7, 11) is 3.79. The van der Waals surface area contributed by atoms with Gasteiger partial charge in [-0.2, -0.15) is 0 Å². The molecule has 1 saturated heterocycles. The van der Waals surface area contributed by atoms with E-state index in [1.54, 1.807) is 11.9 Å². The van der Waals surface area contributed by atoms with Gasteiger partial charge in [0.2, 0.25) is 5.91 Å². The number of ether oxygens (including phenoxy) is 2. The van der Waals surface area contributed by atoms with Crippen molar-refractivity contribution in [2.75, 3.05) is 27.2 Å². The zero-order valence-electron chi connectivity index (χ0n) is 36.4. The third-order valence-electron chi connectivity index (χ3n) is 11.3. The van der Waals surface area contributed by atoms with Crippen molar-refractivity contribution in [3.05, 3.63) is 87.4 Å². The number of aromatic nitrogens is 1. The van der Waals surface area contributed by atoms with Crippen molar-refractivity contribution in [1.82, 2.24) is 20.1 Å². The molecule has 5 atom stereocenters. The molecular formula is C47H68N4O6S. The van der Waals surface area contributed by atoms with E-state index in [0.717, 1.165) is 48.2 Å². The molecule has 4 rings (SSSR count). The molecule has 0 spiro atoms. The van der Waals surface area contributed by atoms with Crippen LogP contribution in [-0.2, 0) is 43.3 Å². The number of esters is 1. The number of likely N-dealkylation sites (tertiary alicyclic amines) is 1. The molecule has 11 heteroatoms. The molecule has 318 valence electrons. The molecule has 0 aliphatic carbocycles. The highest BCUT2D eigenvalue weighted by Gasteiger charge is 2.37. The van der Waals surface area contributed by atoms with Crippen LogP contribution in [0.15, 0.2) is 60.7 Å². The molecule has 2 amide bonds. The van der Waals surface area contributed by atoms with Crippen LogP contribution in [0.5, 0.6) is 0 Å². The number of rotatable bonds is 22. The molecule has 2 aromatic carbocycles. The number of Topliss-reactive ketones (excluding diaryl/α,β-unsaturated/α-hetero) is 1. The minimum Gasteiger partial charge on any atom is -0.455 e. The van der Waals surface area contributed by atoms with E-state index in [-0.39, 0.29) is 60.4 Å². The summed E-state index contributed by atoms with van der Waals surface area (Å²) in [5.41, 5.74) is 2.50. The predicted octanol–water partition coefficient (Wildman–Crippen LogP) is 8.48. The minimum atomic E-state index is -0.804. The second kappa shape index (κ2) is 23.0. The maximum atomic E-state index is 14.3. The Hall–Kier alpha value is -3.93. The maximum absolute atomic E-state index is 14.3. The number of ketones is 1. The van der Waals surface area contributed by atoms with E-state index in [1.807, 2.05) is 83.3 Å². The highest BCUT2D eigenvalue weighted by Crippen LogP contribution is 2.34. The maximum Gasteiger partial charge on any atom is 0.303 e. The topological polar surface area (TPSA) is 118 Å². The van der Waals surface area contributed by atoms with Gasteiger partial charge in [-0.1, -0.05) is 109 Å². The molecule has 0 unspecified atom stereocenters. The molecule has 1 aliphatic rings. The Morgan fingerprint density at radius 1 is 0.914 bits per heavy atom. The van der Waals surface area contributed by atoms with Crippen molar-refractivity contribution < 1.29 is 28.7 Å². The number of benzene rings is 2. The molecule has 1 aromatic heterocycles. The molecule has 0 radical (unpaired) electrons. The third kappa shape index (κ3) is 14.1. The summed E-state index contributed by atoms with van der Waals surface area (Å²) in [6.45, 7) is 15.4. The average molecular weight is 817 g/mol. The van der Waals surface area contributed by atoms with E-state index in [2.05, 4.69) is 36.2 Å². The quantitative estimate of drug-likeness (QED) is 0.0793. The molecule has 58 heavy (non-hydrogen) atoms. The molecule has 0 saturated carbocycles. The SMILES string of the molecule is CC(=O)O[C@H](C[C@H](C(C)C)N(C)C(=O)[C@@H](CC(=O)[C@H]1CCCCN1C)C(C)C)c1nc(C(=O)N[C@@H](Cc2ccccc2)CC(C)C)c(CCOCc2ccccc2)s1. The third-order valence-corrected chi connectivity index (χ3v) is 12.5. The lowest BCUT2D eigenvalue weighted by molar-refractivity contribution is -0.149. The molecule has 1 fully saturated rings. The first-order chi connectivity index (χ1) is 27.6. The summed E-state index contributed by atoms with van der Waals surface area (Å²) in [6, 6.07) is 19.5. The van der Waals surface area contributed by atoms with Gasteiger partial charge in [-0.3, -0.25) is 24.1 Å². The Morgan fingerprint density at radius 2 is 1.57 bits per heavy atom. The Morgan fingerprint density at radius 3 is 2.16 bits per heavy atom. The van der Waals surface area contributed by atoms with Gasteiger partial charge in [0.25, 0.3) is 5.91 Å². The second-order valence-corrected chi connectivity index (χ2v) is 18.3. The average Bonchev–Trinajstić information content (AvgIpc) is 3.61. The number of carbonyl (C=O) groups is 4. The molecule has 10 nitrogen and oxygen atoms in total. The van der Waals surface area contributed by atoms with Gasteiger partial charge in [0, 0.05) is 56.1 Å². The summed E-state index contributed by atoms with van der Waals surface area (Å²) in [5.74, 6) is -0.896. The van der Waals surface area contributed by atoms with Crippen LogP contribution in [0, 0.1) is 23.7 Å². The number of carbonyl (C=O) groups excluding carboxylic acids is 4. The fourth-order valence-electron chi connectivity index (χ4n) is 8.06. The zero-order valence-corrected chi connectivity index (χ0v) is 37.2. The van der Waals surface area contributed by atoms with Crippen molar-refractivity contribution in [1.29, 1.82) is 0 Å². The van der Waals surface area contributed by atoms with Crippen LogP contribution in [0.3, 0.4) is 0 Å². The van der Waals surface area contributed by atoms with Gasteiger partial charge in [-0.15, -0.1) is 11.3 Å². The number of piperidine rings is 1. The van der Waals surface area contributed by atoms with Crippen LogP contribution in [0.1, 0.15) is 125 Å². The van der Waals surface area contributed by atoms with Crippen LogP contribution in [0.4, 0.5) is 0 Å². The van der Waals surface area contributed by atoms with Crippen LogP contribution in [0.25, 0.3) is 0 Å². The summed E-state index contributed by atoms with van der Waals surface area (Å²) in [4.78, 5) is 64.5. The van der Waals surface area contributed by atoms with Gasteiger partial charge in [0.1, 0.15) is 10.7 Å². The number of hydrogen-bond acceptors (Lipinski definition) is 9. The van der Waals surface area contributed by atoms with Gasteiger partial charge in [0.05, 0.1) is 19.3 Å². The van der Waals surface area contributed by atoms with Gasteiger partial charge < -0.3 is 19.7 Å². The molecule has 3 aromatic rings. The summed E-state index contributed by atoms with van der Waals surface area (Å²) >= 11 is 1.36. The summed E-state index contributed by atoms with van der Waals surface area (Å²) in [6.07, 6.45) is 4.51. The van der Waals surface area contributed by atoms with Crippen molar-refractivity contribution >= 4 is 34.9 Å².